The molecular weight excluding hydrogens is 527 g/mol. The number of benzene rings is 1. The third-order valence-corrected chi connectivity index (χ3v) is 5.12. The molecule has 0 unspecified atom stereocenters. The van der Waals surface area contributed by atoms with Crippen LogP contribution in [0.25, 0.3) is 0 Å². The number of aliphatic imine (C=N–C) groups is 1. The van der Waals surface area contributed by atoms with Crippen LogP contribution in [0.5, 0.6) is 17.2 Å². The van der Waals surface area contributed by atoms with Gasteiger partial charge in [-0.2, -0.15) is 0 Å². The minimum absolute atomic E-state index is 0. The van der Waals surface area contributed by atoms with E-state index in [1.807, 2.05) is 13.0 Å². The number of ether oxygens (including phenoxy) is 3. The molecule has 0 saturated carbocycles. The minimum Gasteiger partial charge on any atom is -0.496 e. The average Bonchev–Trinajstić information content (AvgIpc) is 3.35. The number of amides is 1. The minimum atomic E-state index is -0.0818. The summed E-state index contributed by atoms with van der Waals surface area (Å²) in [5, 5.41) is 3.34. The van der Waals surface area contributed by atoms with Gasteiger partial charge < -0.3 is 33.7 Å². The van der Waals surface area contributed by atoms with E-state index < -0.39 is 0 Å². The van der Waals surface area contributed by atoms with E-state index in [9.17, 15) is 4.79 Å². The van der Waals surface area contributed by atoms with Crippen molar-refractivity contribution in [2.75, 3.05) is 54.1 Å². The molecule has 1 fully saturated rings. The van der Waals surface area contributed by atoms with E-state index in [-0.39, 0.29) is 29.9 Å². The molecule has 1 saturated heterocycles. The van der Waals surface area contributed by atoms with E-state index in [1.54, 1.807) is 44.4 Å². The molecule has 1 aliphatic rings. The Morgan fingerprint density at radius 2 is 1.66 bits per heavy atom. The predicted octanol–water partition coefficient (Wildman–Crippen LogP) is 2.85. The standard InChI is InChI=1S/C22H30N4O5.HI/c1-5-23-22(24-15-16-13-19(29-3)20(30-4)14-18(16)28-2)26-10-8-25(9-11-26)21(27)17-7-6-12-31-17;/h6-7,12-14H,5,8-11,15H2,1-4H3,(H,23,24);1H. The topological polar surface area (TPSA) is 88.8 Å². The van der Waals surface area contributed by atoms with Crippen molar-refractivity contribution in [1.82, 2.24) is 15.1 Å². The number of guanidine groups is 1. The third-order valence-electron chi connectivity index (χ3n) is 5.12. The average molecular weight is 558 g/mol. The SMILES string of the molecule is CCNC(=NCc1cc(OC)c(OC)cc1OC)N1CCN(C(=O)c2ccco2)CC1.I. The monoisotopic (exact) mass is 558 g/mol. The molecule has 0 spiro atoms. The number of halogens is 1. The van der Waals surface area contributed by atoms with Gasteiger partial charge in [0.15, 0.2) is 23.2 Å². The van der Waals surface area contributed by atoms with Crippen LogP contribution in [-0.4, -0.2) is 75.7 Å². The first-order valence-corrected chi connectivity index (χ1v) is 10.3. The van der Waals surface area contributed by atoms with Crippen LogP contribution in [0.1, 0.15) is 23.0 Å². The van der Waals surface area contributed by atoms with E-state index >= 15 is 0 Å². The number of carbonyl (C=O) groups is 1. The summed E-state index contributed by atoms with van der Waals surface area (Å²) in [6.07, 6.45) is 1.52. The summed E-state index contributed by atoms with van der Waals surface area (Å²) in [5.74, 6) is 3.01. The maximum Gasteiger partial charge on any atom is 0.289 e. The van der Waals surface area contributed by atoms with Crippen molar-refractivity contribution in [3.05, 3.63) is 41.9 Å². The lowest BCUT2D eigenvalue weighted by atomic mass is 10.1. The van der Waals surface area contributed by atoms with E-state index in [0.717, 1.165) is 18.1 Å². The lowest BCUT2D eigenvalue weighted by Crippen LogP contribution is -2.53. The van der Waals surface area contributed by atoms with Crippen LogP contribution in [0.4, 0.5) is 0 Å². The van der Waals surface area contributed by atoms with Gasteiger partial charge in [0.1, 0.15) is 5.75 Å². The predicted molar refractivity (Wildman–Crippen MR) is 133 cm³/mol. The molecule has 9 nitrogen and oxygen atoms in total. The fourth-order valence-corrected chi connectivity index (χ4v) is 3.48. The molecule has 1 aliphatic heterocycles. The maximum atomic E-state index is 12.5. The summed E-state index contributed by atoms with van der Waals surface area (Å²) < 4.78 is 21.5. The molecule has 2 heterocycles. The van der Waals surface area contributed by atoms with E-state index in [2.05, 4.69) is 10.2 Å². The van der Waals surface area contributed by atoms with Crippen molar-refractivity contribution in [2.24, 2.45) is 4.99 Å². The molecule has 2 aromatic rings. The Labute approximate surface area is 205 Å². The number of hydrogen-bond acceptors (Lipinski definition) is 6. The highest BCUT2D eigenvalue weighted by molar-refractivity contribution is 14.0. The maximum absolute atomic E-state index is 12.5. The van der Waals surface area contributed by atoms with Crippen molar-refractivity contribution in [1.29, 1.82) is 0 Å². The molecule has 10 heteroatoms. The lowest BCUT2D eigenvalue weighted by Gasteiger charge is -2.36. The number of furan rings is 1. The molecule has 1 N–H and O–H groups in total. The van der Waals surface area contributed by atoms with Crippen molar-refractivity contribution < 1.29 is 23.4 Å². The summed E-state index contributed by atoms with van der Waals surface area (Å²) >= 11 is 0. The number of methoxy groups -OCH3 is 3. The molecular formula is C22H31IN4O5. The fraction of sp³-hybridized carbons (Fsp3) is 0.455. The summed E-state index contributed by atoms with van der Waals surface area (Å²) in [6, 6.07) is 7.10. The second-order valence-electron chi connectivity index (χ2n) is 6.95. The Morgan fingerprint density at radius 3 is 2.22 bits per heavy atom. The zero-order valence-electron chi connectivity index (χ0n) is 18.9. The zero-order valence-corrected chi connectivity index (χ0v) is 21.3. The summed E-state index contributed by atoms with van der Waals surface area (Å²) in [6.45, 7) is 5.75. The number of hydrogen-bond donors (Lipinski definition) is 1. The molecule has 0 aliphatic carbocycles. The highest BCUT2D eigenvalue weighted by Gasteiger charge is 2.25. The van der Waals surface area contributed by atoms with Gasteiger partial charge in [0.2, 0.25) is 0 Å². The first-order valence-electron chi connectivity index (χ1n) is 10.3. The van der Waals surface area contributed by atoms with Crippen LogP contribution in [0, 0.1) is 0 Å². The van der Waals surface area contributed by atoms with Crippen molar-refractivity contribution >= 4 is 35.8 Å². The second kappa shape index (κ2) is 12.4. The number of rotatable bonds is 7. The van der Waals surface area contributed by atoms with Crippen molar-refractivity contribution in [3.63, 3.8) is 0 Å². The Morgan fingerprint density at radius 1 is 1.03 bits per heavy atom. The molecule has 0 bridgehead atoms. The quantitative estimate of drug-likeness (QED) is 0.318. The lowest BCUT2D eigenvalue weighted by molar-refractivity contribution is 0.0657. The van der Waals surface area contributed by atoms with Crippen LogP contribution in [0.15, 0.2) is 39.9 Å². The Balaban J connectivity index is 0.00000363. The van der Waals surface area contributed by atoms with Crippen LogP contribution in [-0.2, 0) is 6.54 Å². The van der Waals surface area contributed by atoms with Gasteiger partial charge in [-0.3, -0.25) is 4.79 Å². The largest absolute Gasteiger partial charge is 0.496 e. The van der Waals surface area contributed by atoms with Gasteiger partial charge in [0.05, 0.1) is 34.1 Å². The smallest absolute Gasteiger partial charge is 0.289 e. The highest BCUT2D eigenvalue weighted by atomic mass is 127. The molecule has 1 aromatic carbocycles. The first-order chi connectivity index (χ1) is 15.1. The van der Waals surface area contributed by atoms with Crippen LogP contribution < -0.4 is 19.5 Å². The Hall–Kier alpha value is -2.63. The van der Waals surface area contributed by atoms with Gasteiger partial charge in [0.25, 0.3) is 5.91 Å². The van der Waals surface area contributed by atoms with Crippen LogP contribution in [0.2, 0.25) is 0 Å². The van der Waals surface area contributed by atoms with Crippen molar-refractivity contribution in [3.8, 4) is 17.2 Å². The van der Waals surface area contributed by atoms with Gasteiger partial charge in [-0.15, -0.1) is 24.0 Å². The van der Waals surface area contributed by atoms with Gasteiger partial charge in [-0.05, 0) is 25.1 Å². The number of carbonyl (C=O) groups excluding carboxylic acids is 1. The summed E-state index contributed by atoms with van der Waals surface area (Å²) in [7, 11) is 4.81. The normalized spacial score (nSPS) is 13.9. The molecule has 3 rings (SSSR count). The van der Waals surface area contributed by atoms with E-state index in [1.165, 1.54) is 6.26 Å². The van der Waals surface area contributed by atoms with Gasteiger partial charge in [0, 0.05) is 44.4 Å². The highest BCUT2D eigenvalue weighted by Crippen LogP contribution is 2.35. The Kier molecular flexibility index (Phi) is 9.95. The molecule has 1 aromatic heterocycles. The number of nitrogens with one attached hydrogen (secondary N) is 1. The third kappa shape index (κ3) is 5.99. The molecule has 176 valence electrons. The van der Waals surface area contributed by atoms with E-state index in [4.69, 9.17) is 23.6 Å². The van der Waals surface area contributed by atoms with Crippen LogP contribution >= 0.6 is 24.0 Å². The van der Waals surface area contributed by atoms with Crippen LogP contribution in [0.3, 0.4) is 0 Å². The number of nitrogens with zero attached hydrogens (tertiary/aromatic N) is 3. The summed E-state index contributed by atoms with van der Waals surface area (Å²) in [4.78, 5) is 21.2. The van der Waals surface area contributed by atoms with Gasteiger partial charge in [-0.1, -0.05) is 0 Å². The zero-order chi connectivity index (χ0) is 22.2. The summed E-state index contributed by atoms with van der Waals surface area (Å²) in [5.41, 5.74) is 0.891. The Bertz CT molecular complexity index is 896. The second-order valence-corrected chi connectivity index (χ2v) is 6.95. The molecule has 32 heavy (non-hydrogen) atoms. The fourth-order valence-electron chi connectivity index (χ4n) is 3.48. The molecule has 0 radical (unpaired) electrons. The number of piperazine rings is 1. The van der Waals surface area contributed by atoms with Crippen molar-refractivity contribution in [2.45, 2.75) is 13.5 Å². The van der Waals surface area contributed by atoms with Gasteiger partial charge >= 0.3 is 0 Å². The molecule has 0 atom stereocenters. The molecule has 1 amide bonds. The van der Waals surface area contributed by atoms with E-state index in [0.29, 0.717) is 55.7 Å². The van der Waals surface area contributed by atoms with Gasteiger partial charge in [-0.25, -0.2) is 4.99 Å². The first kappa shape index (κ1) is 25.6.